The minimum atomic E-state index is -1.01. The number of furan rings is 1. The third-order valence-corrected chi connectivity index (χ3v) is 10.4. The van der Waals surface area contributed by atoms with Crippen LogP contribution in [0.3, 0.4) is 0 Å². The third-order valence-electron chi connectivity index (χ3n) is 7.79. The molecule has 2 aromatic heterocycles. The van der Waals surface area contributed by atoms with Crippen molar-refractivity contribution in [2.24, 2.45) is 0 Å². The van der Waals surface area contributed by atoms with Gasteiger partial charge in [-0.15, -0.1) is 0 Å². The van der Waals surface area contributed by atoms with Gasteiger partial charge in [0.25, 0.3) is 0 Å². The molecule has 2 atom stereocenters. The van der Waals surface area contributed by atoms with Crippen molar-refractivity contribution < 1.29 is 45.1 Å². The minimum Gasteiger partial charge on any atom is -0.0614 e. The number of carbonyl (C=O) groups excluding carboxylic acids is 3. The number of aliphatic hydroxyl groups is 1. The first-order valence-electron chi connectivity index (χ1n) is 15.1. The summed E-state index contributed by atoms with van der Waals surface area (Å²) >= 11 is 0.848. The second-order valence-corrected chi connectivity index (χ2v) is 14.7. The Morgan fingerprint density at radius 1 is 1.00 bits per heavy atom. The van der Waals surface area contributed by atoms with E-state index in [1.54, 1.807) is 43.0 Å². The van der Waals surface area contributed by atoms with Gasteiger partial charge >= 0.3 is 231 Å². The molecule has 0 saturated heterocycles. The van der Waals surface area contributed by atoms with Crippen LogP contribution in [0.2, 0.25) is 0 Å². The molecule has 4 N–H and O–H groups in total. The topological polar surface area (TPSA) is 124 Å². The van der Waals surface area contributed by atoms with Crippen molar-refractivity contribution in [3.63, 3.8) is 0 Å². The van der Waals surface area contributed by atoms with Gasteiger partial charge in [0.05, 0.1) is 0 Å². The van der Waals surface area contributed by atoms with Crippen molar-refractivity contribution in [1.82, 2.24) is 15.6 Å². The number of amides is 2. The zero-order chi connectivity index (χ0) is 33.7. The van der Waals surface area contributed by atoms with E-state index < -0.39 is 27.3 Å². The fraction of sp³-hybridized carbons (Fsp3) is 0.216. The van der Waals surface area contributed by atoms with Crippen LogP contribution < -0.4 is 31.8 Å². The zero-order valence-electron chi connectivity index (χ0n) is 26.8. The number of aromatic nitrogens is 1. The summed E-state index contributed by atoms with van der Waals surface area (Å²) < 4.78 is 6.75. The number of aliphatic hydroxyl groups excluding tert-OH is 1. The van der Waals surface area contributed by atoms with Crippen molar-refractivity contribution in [3.05, 3.63) is 127 Å². The van der Waals surface area contributed by atoms with E-state index in [1.165, 1.54) is 0 Å². The number of para-hydroxylation sites is 1. The van der Waals surface area contributed by atoms with Gasteiger partial charge in [0.1, 0.15) is 5.58 Å². The average molecular weight is 763 g/mol. The number of benzene rings is 3. The van der Waals surface area contributed by atoms with Gasteiger partial charge in [0, 0.05) is 5.39 Å². The number of hydrogen-bond acceptors (Lipinski definition) is 6. The van der Waals surface area contributed by atoms with E-state index in [9.17, 15) is 19.5 Å². The monoisotopic (exact) mass is 762 g/mol. The van der Waals surface area contributed by atoms with Gasteiger partial charge in [-0.2, -0.15) is 11.8 Å². The Morgan fingerprint density at radius 3 is 2.43 bits per heavy atom. The van der Waals surface area contributed by atoms with Gasteiger partial charge in [-0.1, -0.05) is 18.2 Å². The van der Waals surface area contributed by atoms with Crippen molar-refractivity contribution in [2.45, 2.75) is 32.9 Å². The summed E-state index contributed by atoms with van der Waals surface area (Å²) in [5.41, 5.74) is 5.90. The number of aryl methyl sites for hydroxylation is 1. The molecule has 0 fully saturated rings. The molecule has 47 heavy (non-hydrogen) atoms. The molecule has 5 aromatic rings. The van der Waals surface area contributed by atoms with Crippen LogP contribution in [0.4, 0.5) is 0 Å². The number of rotatable bonds is 8. The fourth-order valence-corrected chi connectivity index (χ4v) is 7.75. The Kier molecular flexibility index (Phi) is 11.1. The van der Waals surface area contributed by atoms with Crippen LogP contribution in [0, 0.1) is 17.4 Å². The average Bonchev–Trinajstić information content (AvgIpc) is 3.72. The number of halogens is 1. The van der Waals surface area contributed by atoms with Crippen molar-refractivity contribution in [3.8, 4) is 0 Å². The van der Waals surface area contributed by atoms with Crippen LogP contribution in [-0.4, -0.2) is 44.8 Å². The summed E-state index contributed by atoms with van der Waals surface area (Å²) in [5.74, 6) is -0.173. The molecule has 2 amide bonds. The second-order valence-electron chi connectivity index (χ2n) is 11.2. The number of hydrogen-bond donors (Lipinski definition) is 4. The maximum atomic E-state index is 13.2. The molecule has 1 aliphatic heterocycles. The smallest absolute Gasteiger partial charge is 0.0614 e. The van der Waals surface area contributed by atoms with Gasteiger partial charge in [0.2, 0.25) is 0 Å². The van der Waals surface area contributed by atoms with Crippen molar-refractivity contribution in [2.75, 3.05) is 19.1 Å². The number of fused-ring (bicyclic) bond motifs is 2. The molecule has 8 nitrogen and oxygen atoms in total. The van der Waals surface area contributed by atoms with Gasteiger partial charge in [-0.25, -0.2) is 0 Å². The SMILES string of the molecule is CSC.Cc1[nH]c(/C=C2\C(=O)[I-]c3ccc(C(=O)NC(C)c4ccccc4)cc32)c(C)c1C(=O)NCC(O)c1cc2ccccc2o1. The summed E-state index contributed by atoms with van der Waals surface area (Å²) in [6, 6.07) is 24.2. The first-order valence-corrected chi connectivity index (χ1v) is 18.8. The van der Waals surface area contributed by atoms with Crippen LogP contribution in [0.5, 0.6) is 0 Å². The number of allylic oxidation sites excluding steroid dienone is 1. The van der Waals surface area contributed by atoms with Crippen LogP contribution in [0.25, 0.3) is 22.6 Å². The molecular formula is C37H37IN3O5S-. The molecule has 244 valence electrons. The van der Waals surface area contributed by atoms with Gasteiger partial charge < -0.3 is 0 Å². The number of carbonyl (C=O) groups is 3. The molecule has 6 rings (SSSR count). The van der Waals surface area contributed by atoms with E-state index in [4.69, 9.17) is 4.42 Å². The fourth-order valence-electron chi connectivity index (χ4n) is 5.39. The predicted octanol–water partition coefficient (Wildman–Crippen LogP) is 3.65. The third kappa shape index (κ3) is 7.72. The standard InChI is InChI=1S/C35H31IN3O5.C2H6S/c1-19-28(38-21(3)32(19)35(43)37-18-29(40)31-16-23-11-7-8-12-30(23)44-31)17-26-25-15-24(13-14-27(25)36-33(26)41)34(42)39-20(2)22-9-5-4-6-10-22;1-3-2/h4-17,20,29,38,40H,18H2,1-3H3,(H,37,43)(H,39,42);1-2H3/q-1;/b26-17-;. The van der Waals surface area contributed by atoms with Gasteiger partial charge in [-0.05, 0) is 18.6 Å². The van der Waals surface area contributed by atoms with Gasteiger partial charge in [0.15, 0.2) is 0 Å². The molecular weight excluding hydrogens is 725 g/mol. The molecule has 1 aliphatic rings. The zero-order valence-corrected chi connectivity index (χ0v) is 29.8. The summed E-state index contributed by atoms with van der Waals surface area (Å²) in [6.45, 7) is 5.53. The summed E-state index contributed by atoms with van der Waals surface area (Å²) in [4.78, 5) is 42.7. The molecule has 0 spiro atoms. The Bertz CT molecular complexity index is 1930. The van der Waals surface area contributed by atoms with Crippen LogP contribution in [0.1, 0.15) is 73.6 Å². The first-order chi connectivity index (χ1) is 22.6. The van der Waals surface area contributed by atoms with E-state index in [0.29, 0.717) is 45.0 Å². The van der Waals surface area contributed by atoms with Crippen molar-refractivity contribution in [1.29, 1.82) is 0 Å². The number of nitrogens with one attached hydrogen (secondary N) is 3. The normalized spacial score (nSPS) is 14.5. The molecule has 2 unspecified atom stereocenters. The first kappa shape index (κ1) is 34.2. The van der Waals surface area contributed by atoms with Gasteiger partial charge in [-0.3, -0.25) is 0 Å². The summed E-state index contributed by atoms with van der Waals surface area (Å²) in [7, 11) is 0. The Morgan fingerprint density at radius 2 is 1.70 bits per heavy atom. The molecule has 10 heteroatoms. The van der Waals surface area contributed by atoms with Crippen molar-refractivity contribution >= 4 is 50.0 Å². The summed E-state index contributed by atoms with van der Waals surface area (Å²) in [5, 5.41) is 17.4. The van der Waals surface area contributed by atoms with Crippen LogP contribution >= 0.6 is 11.8 Å². The molecule has 0 radical (unpaired) electrons. The van der Waals surface area contributed by atoms with E-state index in [0.717, 1.165) is 20.1 Å². The van der Waals surface area contributed by atoms with E-state index in [2.05, 4.69) is 15.6 Å². The van der Waals surface area contributed by atoms with Crippen LogP contribution in [0.15, 0.2) is 83.3 Å². The quantitative estimate of drug-likeness (QED) is 0.109. The minimum absolute atomic E-state index is 0.0246. The molecule has 0 aliphatic carbocycles. The van der Waals surface area contributed by atoms with Crippen LogP contribution in [-0.2, 0) is 4.79 Å². The molecule has 0 bridgehead atoms. The summed E-state index contributed by atoms with van der Waals surface area (Å²) in [6.07, 6.45) is 4.86. The molecule has 3 heterocycles. The second kappa shape index (κ2) is 15.2. The Hall–Kier alpha value is -4.13. The number of H-pyrrole nitrogens is 1. The molecule has 0 saturated carbocycles. The predicted molar refractivity (Wildman–Crippen MR) is 184 cm³/mol. The number of aromatic amines is 1. The van der Waals surface area contributed by atoms with E-state index >= 15 is 0 Å². The number of thioether (sulfide) groups is 1. The Balaban J connectivity index is 0.00000139. The maximum absolute atomic E-state index is 13.2. The molecule has 3 aromatic carbocycles. The Labute approximate surface area is 288 Å². The van der Waals surface area contributed by atoms with E-state index in [-0.39, 0.29) is 28.2 Å². The van der Waals surface area contributed by atoms with E-state index in [1.807, 2.05) is 87.0 Å².